The third-order valence-electron chi connectivity index (χ3n) is 17.6. The molecule has 0 saturated heterocycles. The van der Waals surface area contributed by atoms with Crippen LogP contribution in [0.1, 0.15) is 39.4 Å². The number of fused-ring (bicyclic) bond motifs is 19. The largest absolute Gasteiger partial charge is 0.374 e. The molecule has 18 rings (SSSR count). The van der Waals surface area contributed by atoms with Gasteiger partial charge in [-0.1, -0.05) is 157 Å². The van der Waals surface area contributed by atoms with Gasteiger partial charge in [-0.05, 0) is 120 Å². The lowest BCUT2D eigenvalue weighted by Crippen LogP contribution is -2.55. The third-order valence-corrected chi connectivity index (χ3v) is 17.6. The van der Waals surface area contributed by atoms with Crippen LogP contribution in [-0.2, 0) is 0 Å². The molecule has 0 amide bonds. The molecule has 14 aromatic rings. The second-order valence-electron chi connectivity index (χ2n) is 21.4. The van der Waals surface area contributed by atoms with Gasteiger partial charge in [-0.25, -0.2) is 0 Å². The summed E-state index contributed by atoms with van der Waals surface area (Å²) in [4.78, 5) is 0. The van der Waals surface area contributed by atoms with Gasteiger partial charge in [0.15, 0.2) is 0 Å². The number of para-hydroxylation sites is 6. The summed E-state index contributed by atoms with van der Waals surface area (Å²) in [6.07, 6.45) is 0. The molecule has 0 aliphatic carbocycles. The smallest absolute Gasteiger partial charge is 0.333 e. The molecule has 0 N–H and O–H groups in total. The molecule has 0 spiro atoms. The Balaban J connectivity index is 1.03. The Hall–Kier alpha value is -8.80. The van der Waals surface area contributed by atoms with E-state index in [1.165, 1.54) is 177 Å². The molecule has 1 atom stereocenters. The van der Waals surface area contributed by atoms with Crippen molar-refractivity contribution in [2.75, 3.05) is 0 Å². The minimum Gasteiger partial charge on any atom is -0.374 e. The second-order valence-corrected chi connectivity index (χ2v) is 21.4. The molecule has 1 unspecified atom stereocenters. The Morgan fingerprint density at radius 3 is 1.62 bits per heavy atom. The van der Waals surface area contributed by atoms with Crippen LogP contribution in [0.25, 0.3) is 132 Å². The van der Waals surface area contributed by atoms with Crippen molar-refractivity contribution in [2.45, 2.75) is 33.7 Å². The number of benzene rings is 10. The maximum Gasteiger partial charge on any atom is 0.333 e. The molecule has 4 nitrogen and oxygen atoms in total. The quantitative estimate of drug-likeness (QED) is 0.154. The highest BCUT2D eigenvalue weighted by Crippen LogP contribution is 2.57. The molecule has 10 aromatic carbocycles. The molecule has 8 heterocycles. The second kappa shape index (κ2) is 12.7. The summed E-state index contributed by atoms with van der Waals surface area (Å²) in [6, 6.07) is 70.5. The highest BCUT2D eigenvalue weighted by molar-refractivity contribution is 6.90. The summed E-state index contributed by atoms with van der Waals surface area (Å²) in [5.41, 5.74) is 33.9. The van der Waals surface area contributed by atoms with Gasteiger partial charge in [0.05, 0.1) is 50.3 Å². The lowest BCUT2D eigenvalue weighted by atomic mass is 9.45. The monoisotopic (exact) mass is 914 g/mol. The fourth-order valence-electron chi connectivity index (χ4n) is 15.0. The molecule has 4 aromatic heterocycles. The third kappa shape index (κ3) is 4.30. The average Bonchev–Trinajstić information content (AvgIpc) is 4.14. The zero-order valence-electron chi connectivity index (χ0n) is 40.3. The standard InChI is InChI=1S/C67H43BN4/c1-35-25-27-41(37(3)29-35)39-31-52-47-16-10-20-50-62(47)71(65-49-19-9-15-45-43-13-5-7-23-55(43)69(61(45)49)57(33-39)59(52)65)66-51-21-11-17-48-53-32-40(42-28-26-36(2)30-38(42)4)34-58-60(53)68(72(63(48)51)67(50)66)54-22-12-18-46-44-14-6-8-24-56(44)70(58)64(46)54/h5-34,65H,1-4H3. The van der Waals surface area contributed by atoms with Crippen LogP contribution in [0.3, 0.4) is 0 Å². The van der Waals surface area contributed by atoms with E-state index in [0.717, 1.165) is 0 Å². The minimum atomic E-state index is -0.0617. The number of nitrogens with zero attached hydrogens (tertiary/aromatic N) is 4. The van der Waals surface area contributed by atoms with Crippen molar-refractivity contribution >= 4 is 94.2 Å². The highest BCUT2D eigenvalue weighted by atomic mass is 15.1. The van der Waals surface area contributed by atoms with E-state index >= 15 is 0 Å². The highest BCUT2D eigenvalue weighted by Gasteiger charge is 2.45. The van der Waals surface area contributed by atoms with Gasteiger partial charge in [0.1, 0.15) is 0 Å². The van der Waals surface area contributed by atoms with Crippen LogP contribution < -0.4 is 10.9 Å². The summed E-state index contributed by atoms with van der Waals surface area (Å²) in [5, 5.41) is 7.82. The first-order valence-corrected chi connectivity index (χ1v) is 25.6. The molecular formula is C67H43BN4. The van der Waals surface area contributed by atoms with Gasteiger partial charge in [0.25, 0.3) is 0 Å². The summed E-state index contributed by atoms with van der Waals surface area (Å²) in [6.45, 7) is 8.88. The zero-order chi connectivity index (χ0) is 47.2. The van der Waals surface area contributed by atoms with E-state index in [2.05, 4.69) is 228 Å². The normalized spacial score (nSPS) is 14.5. The van der Waals surface area contributed by atoms with Crippen LogP contribution in [0.2, 0.25) is 0 Å². The zero-order valence-corrected chi connectivity index (χ0v) is 40.3. The molecule has 4 aliphatic rings. The van der Waals surface area contributed by atoms with Crippen LogP contribution in [-0.4, -0.2) is 25.0 Å². The predicted molar refractivity (Wildman–Crippen MR) is 302 cm³/mol. The first-order chi connectivity index (χ1) is 35.4. The average molecular weight is 915 g/mol. The fourth-order valence-corrected chi connectivity index (χ4v) is 15.0. The van der Waals surface area contributed by atoms with Crippen molar-refractivity contribution in [2.24, 2.45) is 0 Å². The van der Waals surface area contributed by atoms with Gasteiger partial charge in [-0.15, -0.1) is 0 Å². The number of aryl methyl sites for hydroxylation is 4. The summed E-state index contributed by atoms with van der Waals surface area (Å²) >= 11 is 0. The first-order valence-electron chi connectivity index (χ1n) is 25.6. The van der Waals surface area contributed by atoms with Crippen molar-refractivity contribution in [1.82, 2.24) is 18.2 Å². The van der Waals surface area contributed by atoms with Gasteiger partial charge < -0.3 is 18.2 Å². The van der Waals surface area contributed by atoms with E-state index in [4.69, 9.17) is 0 Å². The molecule has 72 heavy (non-hydrogen) atoms. The van der Waals surface area contributed by atoms with E-state index in [1.807, 2.05) is 0 Å². The molecular weight excluding hydrogens is 872 g/mol. The minimum absolute atomic E-state index is 0.0617. The fraction of sp³-hybridized carbons (Fsp3) is 0.0746. The number of rotatable bonds is 2. The van der Waals surface area contributed by atoms with E-state index < -0.39 is 0 Å². The predicted octanol–water partition coefficient (Wildman–Crippen LogP) is 15.4. The summed E-state index contributed by atoms with van der Waals surface area (Å²) in [5.74, 6) is 0. The lowest BCUT2D eigenvalue weighted by molar-refractivity contribution is 0.711. The SMILES string of the molecule is Cc1ccc(-c2cc3c4c(c2)-n2c5ccccc5c5cccc(c52)B4n2c4c-3cccc4c3c2c2cccc4c2n3C2c3c-4cc(-c4ccc(C)cc4C)cc3-n3c4ccccc4c4cccc2c43)c(C)c1. The number of hydrogen-bond acceptors (Lipinski definition) is 0. The molecule has 334 valence electrons. The van der Waals surface area contributed by atoms with Crippen molar-refractivity contribution in [3.8, 4) is 55.9 Å². The van der Waals surface area contributed by atoms with Gasteiger partial charge in [0.2, 0.25) is 0 Å². The van der Waals surface area contributed by atoms with Crippen molar-refractivity contribution in [3.63, 3.8) is 0 Å². The Labute approximate surface area is 415 Å². The lowest BCUT2D eigenvalue weighted by Gasteiger charge is -2.36. The van der Waals surface area contributed by atoms with Gasteiger partial charge in [0, 0.05) is 65.8 Å². The summed E-state index contributed by atoms with van der Waals surface area (Å²) in [7, 11) is 0. The molecule has 5 heteroatoms. The van der Waals surface area contributed by atoms with E-state index in [0.29, 0.717) is 0 Å². The van der Waals surface area contributed by atoms with Gasteiger partial charge in [-0.3, -0.25) is 0 Å². The molecule has 4 aliphatic heterocycles. The van der Waals surface area contributed by atoms with Crippen LogP contribution in [0.5, 0.6) is 0 Å². The van der Waals surface area contributed by atoms with Crippen LogP contribution in [0.4, 0.5) is 0 Å². The topological polar surface area (TPSA) is 19.7 Å². The van der Waals surface area contributed by atoms with Crippen LogP contribution >= 0.6 is 0 Å². The Morgan fingerprint density at radius 1 is 0.375 bits per heavy atom. The Kier molecular flexibility index (Phi) is 6.73. The van der Waals surface area contributed by atoms with Crippen molar-refractivity contribution < 1.29 is 0 Å². The molecule has 0 saturated carbocycles. The molecule has 0 fully saturated rings. The van der Waals surface area contributed by atoms with Gasteiger partial charge in [-0.2, -0.15) is 0 Å². The summed E-state index contributed by atoms with van der Waals surface area (Å²) < 4.78 is 10.8. The molecule has 0 bridgehead atoms. The van der Waals surface area contributed by atoms with Crippen molar-refractivity contribution in [3.05, 3.63) is 215 Å². The van der Waals surface area contributed by atoms with E-state index in [-0.39, 0.29) is 12.9 Å². The van der Waals surface area contributed by atoms with Gasteiger partial charge >= 0.3 is 6.85 Å². The maximum absolute atomic E-state index is 2.81. The van der Waals surface area contributed by atoms with E-state index in [9.17, 15) is 0 Å². The van der Waals surface area contributed by atoms with Crippen molar-refractivity contribution in [1.29, 1.82) is 0 Å². The van der Waals surface area contributed by atoms with E-state index in [1.54, 1.807) is 0 Å². The Morgan fingerprint density at radius 2 is 0.931 bits per heavy atom. The number of aromatic nitrogens is 4. The van der Waals surface area contributed by atoms with Crippen LogP contribution in [0, 0.1) is 27.7 Å². The van der Waals surface area contributed by atoms with Crippen LogP contribution in [0.15, 0.2) is 182 Å². The number of hydrogen-bond donors (Lipinski definition) is 0. The maximum atomic E-state index is 2.81. The first kappa shape index (κ1) is 38.0. The molecule has 0 radical (unpaired) electrons. The Bertz CT molecular complexity index is 4620.